The molecule has 4 unspecified atom stereocenters. The minimum atomic E-state index is -0.665. The van der Waals surface area contributed by atoms with Gasteiger partial charge in [-0.3, -0.25) is 9.59 Å². The first kappa shape index (κ1) is 66.7. The Kier molecular flexibility index (Phi) is 19.3. The highest BCUT2D eigenvalue weighted by Crippen LogP contribution is 2.48. The van der Waals surface area contributed by atoms with Crippen molar-refractivity contribution in [2.45, 2.75) is 205 Å². The van der Waals surface area contributed by atoms with Crippen LogP contribution in [0.1, 0.15) is 185 Å². The monoisotopic (exact) mass is 1330 g/mol. The summed E-state index contributed by atoms with van der Waals surface area (Å²) in [4.78, 5) is 23.4. The molecule has 7 aliphatic rings. The molecule has 2 saturated carbocycles. The van der Waals surface area contributed by atoms with Crippen molar-refractivity contribution in [3.63, 3.8) is 0 Å². The van der Waals surface area contributed by atoms with E-state index in [1.54, 1.807) is 12.1 Å². The molecule has 1 saturated heterocycles. The molecule has 0 amide bonds. The Morgan fingerprint density at radius 3 is 1.45 bits per heavy atom. The second-order valence-electron chi connectivity index (χ2n) is 27.6. The number of carbonyl (C=O) groups excluding carboxylic acids is 2. The van der Waals surface area contributed by atoms with Gasteiger partial charge in [-0.25, -0.2) is 8.78 Å². The molecule has 14 nitrogen and oxygen atoms in total. The van der Waals surface area contributed by atoms with Gasteiger partial charge in [0, 0.05) is 63.5 Å². The normalized spacial score (nSPS) is 25.0. The van der Waals surface area contributed by atoms with Crippen LogP contribution in [0, 0.1) is 39.3 Å². The fourth-order valence-corrected chi connectivity index (χ4v) is 14.5. The lowest BCUT2D eigenvalue weighted by molar-refractivity contribution is -0.142. The maximum atomic E-state index is 15.3. The average Bonchev–Trinajstić information content (AvgIpc) is 1.74. The van der Waals surface area contributed by atoms with Gasteiger partial charge in [0.15, 0.2) is 0 Å². The van der Waals surface area contributed by atoms with Crippen molar-refractivity contribution >= 4 is 40.4 Å². The Hall–Kier alpha value is -6.70. The van der Waals surface area contributed by atoms with Gasteiger partial charge in [0.25, 0.3) is 0 Å². The van der Waals surface area contributed by atoms with Crippen molar-refractivity contribution in [3.8, 4) is 45.6 Å². The Bertz CT molecular complexity index is 3710. The minimum Gasteiger partial charge on any atom is -0.492 e. The number of aryl methyl sites for hydroxylation is 4. The number of carbonyl (C=O) groups is 2. The Morgan fingerprint density at radius 1 is 0.565 bits per heavy atom. The van der Waals surface area contributed by atoms with E-state index in [-0.39, 0.29) is 60.5 Å². The van der Waals surface area contributed by atoms with Gasteiger partial charge in [0.05, 0.1) is 62.7 Å². The Morgan fingerprint density at radius 2 is 1.00 bits per heavy atom. The number of methoxy groups -OCH3 is 2. The van der Waals surface area contributed by atoms with Crippen molar-refractivity contribution in [3.05, 3.63) is 157 Å². The number of halogens is 3. The van der Waals surface area contributed by atoms with Crippen molar-refractivity contribution in [1.29, 1.82) is 0 Å². The number of fused-ring (bicyclic) bond motifs is 4. The predicted octanol–water partition coefficient (Wildman–Crippen LogP) is 14.9. The van der Waals surface area contributed by atoms with E-state index in [1.807, 2.05) is 108 Å². The van der Waals surface area contributed by atoms with Crippen molar-refractivity contribution in [1.82, 2.24) is 0 Å². The van der Waals surface area contributed by atoms with E-state index in [2.05, 4.69) is 43.6 Å². The lowest BCUT2D eigenvalue weighted by Crippen LogP contribution is -2.41. The Balaban J connectivity index is 0.000000153. The summed E-state index contributed by atoms with van der Waals surface area (Å²) >= 11 is 3.55. The zero-order valence-corrected chi connectivity index (χ0v) is 56.5. The summed E-state index contributed by atoms with van der Waals surface area (Å²) in [6, 6.07) is 26.1. The van der Waals surface area contributed by atoms with Crippen LogP contribution in [0.2, 0.25) is 0 Å². The molecule has 13 rings (SSSR count). The molecule has 8 atom stereocenters. The third-order valence-electron chi connectivity index (χ3n) is 19.8. The average molecular weight is 1330 g/mol. The largest absolute Gasteiger partial charge is 0.495 e. The molecule has 490 valence electrons. The highest BCUT2D eigenvalue weighted by Gasteiger charge is 2.53. The molecule has 4 aliphatic carbocycles. The lowest BCUT2D eigenvalue weighted by atomic mass is 9.75. The molecule has 6 aromatic rings. The maximum Gasteiger partial charge on any atom is 0.495 e. The molecule has 6 aromatic carbocycles. The Labute approximate surface area is 548 Å². The number of aliphatic hydroxyl groups is 2. The molecule has 3 fully saturated rings. The first-order chi connectivity index (χ1) is 43.6. The summed E-state index contributed by atoms with van der Waals surface area (Å²) in [7, 11) is 2.22. The summed E-state index contributed by atoms with van der Waals surface area (Å²) in [5.41, 5.74) is 10.3. The van der Waals surface area contributed by atoms with Crippen LogP contribution in [0.15, 0.2) is 89.4 Å². The first-order valence-corrected chi connectivity index (χ1v) is 33.0. The summed E-state index contributed by atoms with van der Waals surface area (Å²) in [6.45, 7) is 20.9. The molecule has 0 radical (unpaired) electrons. The van der Waals surface area contributed by atoms with Crippen LogP contribution < -0.4 is 33.9 Å². The van der Waals surface area contributed by atoms with Gasteiger partial charge in [0.2, 0.25) is 0 Å². The van der Waals surface area contributed by atoms with Gasteiger partial charge < -0.3 is 57.4 Å². The fraction of sp³-hybridized carbons (Fsp3) is 0.486. The zero-order valence-electron chi connectivity index (χ0n) is 55.0. The predicted molar refractivity (Wildman–Crippen MR) is 351 cm³/mol. The SMILES string of the molecule is COC(=O)C[C@@H]1COc2cc(O[C@@H]3CCc4c(-c5c(C)cc(OC6CCC(C)(O)C6)cc5C)ccc(F)c43)ccc21.COC(=O)C[C@@H]1COc2cc(O[C@@H]3CCc4c(B5OC(C)(C)C(C)(C)O5)ccc(F)c43)ccc21.Cc1cc(OC2CCC(C)(O)C2)cc(C)c1Br. The summed E-state index contributed by atoms with van der Waals surface area (Å²) < 4.78 is 90.0. The first-order valence-electron chi connectivity index (χ1n) is 32.2. The second-order valence-corrected chi connectivity index (χ2v) is 28.4. The molecular weight excluding hydrogens is 1240 g/mol. The number of benzene rings is 6. The number of rotatable bonds is 14. The quantitative estimate of drug-likeness (QED) is 0.0781. The van der Waals surface area contributed by atoms with E-state index in [1.165, 1.54) is 31.4 Å². The fourth-order valence-electron chi connectivity index (χ4n) is 14.2. The molecular formula is C74H86BBrF2O14. The third kappa shape index (κ3) is 14.4. The summed E-state index contributed by atoms with van der Waals surface area (Å²) in [5.74, 6) is 3.16. The highest BCUT2D eigenvalue weighted by molar-refractivity contribution is 9.10. The maximum absolute atomic E-state index is 15.3. The molecule has 3 heterocycles. The number of ether oxygens (including phenoxy) is 8. The third-order valence-corrected chi connectivity index (χ3v) is 21.1. The summed E-state index contributed by atoms with van der Waals surface area (Å²) in [5, 5.41) is 20.2. The molecule has 18 heteroatoms. The van der Waals surface area contributed by atoms with Gasteiger partial charge in [0.1, 0.15) is 70.5 Å². The van der Waals surface area contributed by atoms with E-state index < -0.39 is 41.7 Å². The van der Waals surface area contributed by atoms with Crippen LogP contribution in [0.5, 0.6) is 34.5 Å². The van der Waals surface area contributed by atoms with Crippen molar-refractivity contribution < 1.29 is 75.8 Å². The van der Waals surface area contributed by atoms with Gasteiger partial charge >= 0.3 is 19.1 Å². The van der Waals surface area contributed by atoms with Gasteiger partial charge in [-0.05, 0) is 219 Å². The lowest BCUT2D eigenvalue weighted by Gasteiger charge is -2.32. The van der Waals surface area contributed by atoms with Crippen LogP contribution in [0.3, 0.4) is 0 Å². The smallest absolute Gasteiger partial charge is 0.492 e. The molecule has 0 aromatic heterocycles. The van der Waals surface area contributed by atoms with Gasteiger partial charge in [-0.1, -0.05) is 40.2 Å². The van der Waals surface area contributed by atoms with E-state index in [4.69, 9.17) is 47.2 Å². The highest BCUT2D eigenvalue weighted by atomic mass is 79.9. The van der Waals surface area contributed by atoms with Crippen molar-refractivity contribution in [2.75, 3.05) is 27.4 Å². The summed E-state index contributed by atoms with van der Waals surface area (Å²) in [6.07, 6.45) is 7.28. The molecule has 0 bridgehead atoms. The van der Waals surface area contributed by atoms with Gasteiger partial charge in [-0.2, -0.15) is 0 Å². The molecule has 92 heavy (non-hydrogen) atoms. The molecule has 0 spiro atoms. The van der Waals surface area contributed by atoms with Crippen molar-refractivity contribution in [2.24, 2.45) is 0 Å². The minimum absolute atomic E-state index is 0.00553. The van der Waals surface area contributed by atoms with E-state index in [9.17, 15) is 19.8 Å². The number of hydrogen-bond donors (Lipinski definition) is 2. The zero-order chi connectivity index (χ0) is 65.8. The second kappa shape index (κ2) is 26.6. The van der Waals surface area contributed by atoms with Crippen LogP contribution in [-0.2, 0) is 41.2 Å². The van der Waals surface area contributed by atoms with Crippen LogP contribution in [0.4, 0.5) is 8.78 Å². The van der Waals surface area contributed by atoms with Gasteiger partial charge in [-0.15, -0.1) is 0 Å². The molecule has 2 N–H and O–H groups in total. The topological polar surface area (TPSA) is 167 Å². The number of hydrogen-bond acceptors (Lipinski definition) is 14. The molecule has 3 aliphatic heterocycles. The van der Waals surface area contributed by atoms with E-state index in [0.717, 1.165) is 98.0 Å². The van der Waals surface area contributed by atoms with E-state index in [0.29, 0.717) is 79.4 Å². The van der Waals surface area contributed by atoms with Crippen LogP contribution in [-0.4, -0.2) is 91.3 Å². The number of esters is 2. The van der Waals surface area contributed by atoms with Crippen LogP contribution in [0.25, 0.3) is 11.1 Å². The standard InChI is InChI=1S/C34H37FO6.C26H30BFO6.C14H19BrO2/c1-19-13-24(40-23-11-12-34(3,37)17-23)14-20(2)32(19)26-7-9-28(35)33-27(26)8-10-29(33)41-22-5-6-25-21(15-31(36)38-4)18-39-30(25)16-22;1-25(2)26(3,4)34-27(33-25)19-9-10-20(28)24-18(19)8-11-21(24)32-16-6-7-17-15(12-23(29)30-5)14-31-22(17)13-16;1-9-6-12(7-10(2)13(9)15)17-11-4-5-14(3,16)8-11/h5-7,9,13-14,16,21,23,29,37H,8,10-12,15,17-18H2,1-4H3;6-7,9-10,13,15,21H,8,11-12,14H2,1-5H3;6-7,11,16H,4-5,8H2,1-3H3/t21-,23?,29-,34?;15-,21-;/m11./s1. The van der Waals surface area contributed by atoms with E-state index >= 15 is 8.78 Å². The van der Waals surface area contributed by atoms with Crippen LogP contribution >= 0.6 is 15.9 Å².